The molecule has 2 saturated carbocycles. The fourth-order valence-electron chi connectivity index (χ4n) is 10.7. The van der Waals surface area contributed by atoms with Gasteiger partial charge in [-0.1, -0.05) is 74.0 Å². The van der Waals surface area contributed by atoms with Crippen LogP contribution in [0.15, 0.2) is 60.7 Å². The Balaban J connectivity index is 0.879. The van der Waals surface area contributed by atoms with Crippen LogP contribution < -0.4 is 16.0 Å². The van der Waals surface area contributed by atoms with E-state index in [9.17, 15) is 24.3 Å². The first-order valence-electron chi connectivity index (χ1n) is 23.1. The Hall–Kier alpha value is -4.80. The van der Waals surface area contributed by atoms with Gasteiger partial charge in [0.15, 0.2) is 30.8 Å². The van der Waals surface area contributed by atoms with Gasteiger partial charge in [0, 0.05) is 32.2 Å². The molecule has 66 heavy (non-hydrogen) atoms. The molecule has 2 aromatic carbocycles. The number of nitrogens with one attached hydrogen (secondary N) is 3. The zero-order valence-electron chi connectivity index (χ0n) is 36.8. The van der Waals surface area contributed by atoms with Crippen LogP contribution in [0.25, 0.3) is 0 Å². The topological polar surface area (TPSA) is 229 Å². The van der Waals surface area contributed by atoms with Gasteiger partial charge in [0.2, 0.25) is 0 Å². The number of fused-ring (bicyclic) bond motifs is 5. The molecule has 0 aromatic heterocycles. The van der Waals surface area contributed by atoms with Crippen LogP contribution in [0.2, 0.25) is 0 Å². The summed E-state index contributed by atoms with van der Waals surface area (Å²) in [6.45, 7) is 1.98. The molecule has 4 amide bonds. The van der Waals surface area contributed by atoms with Gasteiger partial charge in [0.1, 0.15) is 56.4 Å². The molecule has 20 nitrogen and oxygen atoms in total. The van der Waals surface area contributed by atoms with Crippen molar-refractivity contribution in [3.63, 3.8) is 0 Å². The summed E-state index contributed by atoms with van der Waals surface area (Å²) in [6.07, 6.45) is -6.95. The zero-order chi connectivity index (χ0) is 45.5. The summed E-state index contributed by atoms with van der Waals surface area (Å²) in [5, 5.41) is 19.6. The molecule has 6 aliphatic heterocycles. The number of ether oxygens (including phenoxy) is 11. The molecule has 20 heteroatoms. The third-order valence-corrected chi connectivity index (χ3v) is 14.1. The molecule has 6 saturated heterocycles. The number of benzene rings is 2. The number of carbonyl (C=O) groups excluding carboxylic acids is 4. The molecule has 8 unspecified atom stereocenters. The molecule has 358 valence electrons. The second-order valence-corrected chi connectivity index (χ2v) is 18.6. The predicted molar refractivity (Wildman–Crippen MR) is 224 cm³/mol. The van der Waals surface area contributed by atoms with Crippen molar-refractivity contribution < 1.29 is 76.4 Å². The van der Waals surface area contributed by atoms with Crippen molar-refractivity contribution in [3.05, 3.63) is 71.8 Å². The second kappa shape index (κ2) is 19.1. The molecule has 1 spiro atoms. The van der Waals surface area contributed by atoms with Crippen molar-refractivity contribution in [1.82, 2.24) is 20.9 Å². The largest absolute Gasteiger partial charge is 0.447 e. The molecule has 16 atom stereocenters. The predicted octanol–water partition coefficient (Wildman–Crippen LogP) is 3.71. The highest BCUT2D eigenvalue weighted by molar-refractivity contribution is 5.71. The van der Waals surface area contributed by atoms with E-state index in [0.29, 0.717) is 19.3 Å². The van der Waals surface area contributed by atoms with Crippen LogP contribution in [-0.2, 0) is 65.3 Å². The lowest BCUT2D eigenvalue weighted by atomic mass is 9.83. The summed E-state index contributed by atoms with van der Waals surface area (Å²) in [4.78, 5) is 53.6. The van der Waals surface area contributed by atoms with E-state index < -0.39 is 122 Å². The fraction of sp³-hybridized carbons (Fsp3) is 0.652. The number of aliphatic hydroxyl groups is 1. The van der Waals surface area contributed by atoms with Crippen molar-refractivity contribution in [2.45, 2.75) is 169 Å². The summed E-state index contributed by atoms with van der Waals surface area (Å²) in [5.41, 5.74) is 1.63. The van der Waals surface area contributed by atoms with Gasteiger partial charge in [0.25, 0.3) is 0 Å². The van der Waals surface area contributed by atoms with Crippen LogP contribution in [0, 0.1) is 5.92 Å². The maximum atomic E-state index is 13.7. The molecular weight excluding hydrogens is 865 g/mol. The van der Waals surface area contributed by atoms with Crippen molar-refractivity contribution in [3.8, 4) is 0 Å². The van der Waals surface area contributed by atoms with E-state index in [4.69, 9.17) is 52.1 Å². The monoisotopic (exact) mass is 922 g/mol. The Morgan fingerprint density at radius 1 is 0.773 bits per heavy atom. The first kappa shape index (κ1) is 45.0. The van der Waals surface area contributed by atoms with Gasteiger partial charge in [0.05, 0.1) is 30.3 Å². The maximum absolute atomic E-state index is 13.7. The lowest BCUT2D eigenvalue weighted by Gasteiger charge is -2.51. The second-order valence-electron chi connectivity index (χ2n) is 18.6. The molecule has 0 radical (unpaired) electrons. The van der Waals surface area contributed by atoms with Crippen LogP contribution in [0.3, 0.4) is 0 Å². The standard InChI is InChI=1S/C46H58N4O16/c1-24-18-30-37(38-34(50(2)45(55)64-38)41(60-30)61-32-20-29(51)33-31(59-32)23-58-44(54)49-33)63-40(24)62-35-27(47-42(52)56-21-25-12-6-3-7-13-25)19-28(48-43(53)57-22-26-14-8-4-9-15-26)36-39(35)66-46(65-36)16-10-5-11-17-46/h3-4,6-9,12-15,24,27-41,51H,5,10-11,16-23H2,1-2H3,(H,47,52)(H,48,53)(H,49,54)/t24?,27?,28-,29-,30+,31?,32-,33+,34?,35-,36?,37?,38?,39+,40+,41?/m1/s1. The van der Waals surface area contributed by atoms with Crippen LogP contribution in [-0.4, -0.2) is 146 Å². The molecule has 2 aliphatic carbocycles. The number of alkyl carbamates (subject to hydrolysis) is 3. The van der Waals surface area contributed by atoms with E-state index in [0.717, 1.165) is 30.4 Å². The van der Waals surface area contributed by atoms with Crippen molar-refractivity contribution in [2.75, 3.05) is 13.7 Å². The lowest BCUT2D eigenvalue weighted by molar-refractivity contribution is -0.365. The van der Waals surface area contributed by atoms with Crippen molar-refractivity contribution in [2.24, 2.45) is 5.92 Å². The van der Waals surface area contributed by atoms with Crippen LogP contribution in [0.5, 0.6) is 0 Å². The summed E-state index contributed by atoms with van der Waals surface area (Å²) in [5.74, 6) is -1.23. The van der Waals surface area contributed by atoms with Gasteiger partial charge < -0.3 is 73.2 Å². The highest BCUT2D eigenvalue weighted by atomic mass is 16.8. The smallest absolute Gasteiger partial charge is 0.410 e. The first-order chi connectivity index (χ1) is 32.0. The Morgan fingerprint density at radius 2 is 1.44 bits per heavy atom. The number of likely N-dealkylation sites (N-methyl/N-ethyl adjacent to an activating group) is 1. The molecule has 0 bridgehead atoms. The Morgan fingerprint density at radius 3 is 2.14 bits per heavy atom. The molecule has 8 aliphatic rings. The number of aliphatic hydroxyl groups excluding tert-OH is 1. The SMILES string of the molecule is CC1C[C@@H]2OC(O[C@@H]3C[C@@H](O)[C@@H]4NC(=O)OCC4O3)C3C(OC(=O)N3C)C2O[C@@H]1O[C@@H]1C(NC(=O)OCc2ccccc2)C[C@@H](NC(=O)OCc2ccccc2)C2OC3(CCCCC3)O[C@H]21. The number of amides is 4. The molecule has 4 N–H and O–H groups in total. The quantitative estimate of drug-likeness (QED) is 0.249. The molecular formula is C46H58N4O16. The fourth-order valence-corrected chi connectivity index (χ4v) is 10.7. The molecule has 10 rings (SSSR count). The van der Waals surface area contributed by atoms with Crippen LogP contribution >= 0.6 is 0 Å². The summed E-state index contributed by atoms with van der Waals surface area (Å²) in [7, 11) is 1.58. The lowest BCUT2D eigenvalue weighted by Crippen LogP contribution is -2.67. The first-order valence-corrected chi connectivity index (χ1v) is 23.1. The van der Waals surface area contributed by atoms with E-state index in [1.165, 1.54) is 4.90 Å². The third-order valence-electron chi connectivity index (χ3n) is 14.1. The zero-order valence-corrected chi connectivity index (χ0v) is 36.8. The van der Waals surface area contributed by atoms with E-state index in [1.807, 2.05) is 67.6 Å². The molecule has 8 fully saturated rings. The molecule has 2 aromatic rings. The number of hydrogen-bond acceptors (Lipinski definition) is 16. The summed E-state index contributed by atoms with van der Waals surface area (Å²) in [6, 6.07) is 15.8. The van der Waals surface area contributed by atoms with Gasteiger partial charge in [-0.3, -0.25) is 4.90 Å². The number of nitrogens with zero attached hydrogens (tertiary/aromatic N) is 1. The van der Waals surface area contributed by atoms with Gasteiger partial charge in [-0.25, -0.2) is 19.2 Å². The van der Waals surface area contributed by atoms with E-state index in [-0.39, 0.29) is 38.6 Å². The number of cyclic esters (lactones) is 1. The van der Waals surface area contributed by atoms with Crippen molar-refractivity contribution >= 4 is 24.4 Å². The Kier molecular flexibility index (Phi) is 13.0. The van der Waals surface area contributed by atoms with Gasteiger partial charge in [-0.2, -0.15) is 0 Å². The van der Waals surface area contributed by atoms with Gasteiger partial charge >= 0.3 is 24.4 Å². The summed E-state index contributed by atoms with van der Waals surface area (Å²) < 4.78 is 69.1. The normalized spacial score (nSPS) is 38.9. The minimum atomic E-state index is -1.03. The highest BCUT2D eigenvalue weighted by Crippen LogP contribution is 2.48. The minimum absolute atomic E-state index is 0.0284. The maximum Gasteiger partial charge on any atom is 0.410 e. The van der Waals surface area contributed by atoms with Crippen molar-refractivity contribution in [1.29, 1.82) is 0 Å². The Labute approximate surface area is 381 Å². The average Bonchev–Trinajstić information content (AvgIpc) is 3.83. The number of hydrogen-bond donors (Lipinski definition) is 4. The highest BCUT2D eigenvalue weighted by Gasteiger charge is 2.62. The minimum Gasteiger partial charge on any atom is -0.447 e. The number of rotatable bonds is 10. The number of carbonyl (C=O) groups is 4. The third kappa shape index (κ3) is 9.38. The van der Waals surface area contributed by atoms with E-state index >= 15 is 0 Å². The van der Waals surface area contributed by atoms with E-state index in [2.05, 4.69) is 16.0 Å². The molecule has 6 heterocycles. The van der Waals surface area contributed by atoms with Crippen LogP contribution in [0.4, 0.5) is 19.2 Å². The van der Waals surface area contributed by atoms with Gasteiger partial charge in [-0.15, -0.1) is 0 Å². The van der Waals surface area contributed by atoms with E-state index in [1.54, 1.807) is 7.05 Å². The van der Waals surface area contributed by atoms with Crippen LogP contribution in [0.1, 0.15) is 69.4 Å². The Bertz CT molecular complexity index is 2050. The summed E-state index contributed by atoms with van der Waals surface area (Å²) >= 11 is 0. The van der Waals surface area contributed by atoms with Gasteiger partial charge in [-0.05, 0) is 36.8 Å². The average molecular weight is 923 g/mol.